The normalized spacial score (nSPS) is 9.93. The fourth-order valence-corrected chi connectivity index (χ4v) is 1.22. The molecule has 82 valence electrons. The Hall–Kier alpha value is -1.55. The molecule has 0 aliphatic carbocycles. The molecule has 0 saturated heterocycles. The van der Waals surface area contributed by atoms with Crippen molar-refractivity contribution in [3.05, 3.63) is 29.8 Å². The molecule has 3 N–H and O–H groups in total. The van der Waals surface area contributed by atoms with Crippen LogP contribution in [0.2, 0.25) is 0 Å². The highest BCUT2D eigenvalue weighted by Gasteiger charge is 2.04. The molecule has 0 saturated carbocycles. The van der Waals surface area contributed by atoms with E-state index >= 15 is 0 Å². The van der Waals surface area contributed by atoms with Crippen molar-refractivity contribution in [2.75, 3.05) is 26.0 Å². The molecule has 0 aromatic heterocycles. The van der Waals surface area contributed by atoms with E-state index in [-0.39, 0.29) is 5.91 Å². The first-order valence-electron chi connectivity index (χ1n) is 4.83. The van der Waals surface area contributed by atoms with Crippen LogP contribution >= 0.6 is 0 Å². The number of hydrogen-bond acceptors (Lipinski definition) is 3. The second kappa shape index (κ2) is 6.03. The molecule has 0 aliphatic heterocycles. The fraction of sp³-hybridized carbons (Fsp3) is 0.364. The van der Waals surface area contributed by atoms with Crippen molar-refractivity contribution in [2.24, 2.45) is 0 Å². The summed E-state index contributed by atoms with van der Waals surface area (Å²) < 4.78 is 4.83. The largest absolute Gasteiger partial charge is 0.398 e. The third kappa shape index (κ3) is 3.99. The van der Waals surface area contributed by atoms with Gasteiger partial charge in [0.25, 0.3) is 0 Å². The number of carbonyl (C=O) groups is 1. The number of nitrogen functional groups attached to an aromatic ring is 1. The minimum Gasteiger partial charge on any atom is -0.398 e. The van der Waals surface area contributed by atoms with Gasteiger partial charge in [-0.2, -0.15) is 0 Å². The van der Waals surface area contributed by atoms with E-state index in [9.17, 15) is 4.79 Å². The molecule has 4 heteroatoms. The van der Waals surface area contributed by atoms with Crippen LogP contribution in [0.25, 0.3) is 0 Å². The maximum atomic E-state index is 11.4. The SMILES string of the molecule is COCCNC(=O)Cc1ccccc1N. The Morgan fingerprint density at radius 2 is 2.20 bits per heavy atom. The van der Waals surface area contributed by atoms with Crippen LogP contribution < -0.4 is 11.1 Å². The van der Waals surface area contributed by atoms with E-state index in [0.29, 0.717) is 25.3 Å². The van der Waals surface area contributed by atoms with E-state index < -0.39 is 0 Å². The van der Waals surface area contributed by atoms with Gasteiger partial charge in [0.15, 0.2) is 0 Å². The lowest BCUT2D eigenvalue weighted by molar-refractivity contribution is -0.120. The van der Waals surface area contributed by atoms with Gasteiger partial charge in [0, 0.05) is 19.3 Å². The lowest BCUT2D eigenvalue weighted by atomic mass is 10.1. The molecule has 0 aliphatic rings. The molecule has 0 radical (unpaired) electrons. The molecular formula is C11H16N2O2. The average Bonchev–Trinajstić information content (AvgIpc) is 2.22. The quantitative estimate of drug-likeness (QED) is 0.549. The lowest BCUT2D eigenvalue weighted by Gasteiger charge is -2.06. The predicted molar refractivity (Wildman–Crippen MR) is 59.4 cm³/mol. The molecular weight excluding hydrogens is 192 g/mol. The molecule has 0 atom stereocenters. The molecule has 0 spiro atoms. The highest BCUT2D eigenvalue weighted by Crippen LogP contribution is 2.10. The van der Waals surface area contributed by atoms with E-state index in [1.807, 2.05) is 18.2 Å². The van der Waals surface area contributed by atoms with Crippen molar-refractivity contribution in [2.45, 2.75) is 6.42 Å². The molecule has 1 rings (SSSR count). The number of methoxy groups -OCH3 is 1. The molecule has 0 heterocycles. The van der Waals surface area contributed by atoms with E-state index in [1.165, 1.54) is 0 Å². The minimum atomic E-state index is -0.0371. The summed E-state index contributed by atoms with van der Waals surface area (Å²) in [5, 5.41) is 2.74. The summed E-state index contributed by atoms with van der Waals surface area (Å²) in [4.78, 5) is 11.4. The van der Waals surface area contributed by atoms with E-state index in [1.54, 1.807) is 13.2 Å². The molecule has 15 heavy (non-hydrogen) atoms. The summed E-state index contributed by atoms with van der Waals surface area (Å²) in [6, 6.07) is 7.36. The monoisotopic (exact) mass is 208 g/mol. The summed E-state index contributed by atoms with van der Waals surface area (Å²) >= 11 is 0. The Morgan fingerprint density at radius 1 is 1.47 bits per heavy atom. The summed E-state index contributed by atoms with van der Waals surface area (Å²) in [6.07, 6.45) is 0.316. The first-order chi connectivity index (χ1) is 7.24. The van der Waals surface area contributed by atoms with E-state index in [4.69, 9.17) is 10.5 Å². The van der Waals surface area contributed by atoms with E-state index in [2.05, 4.69) is 5.32 Å². The number of nitrogens with two attached hydrogens (primary N) is 1. The van der Waals surface area contributed by atoms with Crippen molar-refractivity contribution in [1.82, 2.24) is 5.32 Å². The highest BCUT2D eigenvalue weighted by molar-refractivity contribution is 5.80. The minimum absolute atomic E-state index is 0.0371. The Kier molecular flexibility index (Phi) is 4.63. The first-order valence-corrected chi connectivity index (χ1v) is 4.83. The Bertz CT molecular complexity index is 326. The molecule has 1 amide bonds. The van der Waals surface area contributed by atoms with Gasteiger partial charge >= 0.3 is 0 Å². The predicted octanol–water partition coefficient (Wildman–Crippen LogP) is 0.574. The van der Waals surface area contributed by atoms with Gasteiger partial charge in [0.2, 0.25) is 5.91 Å². The van der Waals surface area contributed by atoms with Crippen LogP contribution in [0.5, 0.6) is 0 Å². The third-order valence-electron chi connectivity index (χ3n) is 2.03. The maximum Gasteiger partial charge on any atom is 0.224 e. The molecule has 0 bridgehead atoms. The highest BCUT2D eigenvalue weighted by atomic mass is 16.5. The summed E-state index contributed by atoms with van der Waals surface area (Å²) in [7, 11) is 1.60. The first kappa shape index (κ1) is 11.5. The number of nitrogens with one attached hydrogen (secondary N) is 1. The van der Waals surface area contributed by atoms with Crippen LogP contribution in [-0.2, 0) is 16.0 Å². The topological polar surface area (TPSA) is 64.3 Å². The summed E-state index contributed by atoms with van der Waals surface area (Å²) in [5.74, 6) is -0.0371. The van der Waals surface area contributed by atoms with Crippen LogP contribution in [0, 0.1) is 0 Å². The number of ether oxygens (including phenoxy) is 1. The van der Waals surface area contributed by atoms with Gasteiger partial charge in [-0.25, -0.2) is 0 Å². The third-order valence-corrected chi connectivity index (χ3v) is 2.03. The number of para-hydroxylation sites is 1. The second-order valence-corrected chi connectivity index (χ2v) is 3.22. The zero-order valence-electron chi connectivity index (χ0n) is 8.82. The number of carbonyl (C=O) groups excluding carboxylic acids is 1. The van der Waals surface area contributed by atoms with Gasteiger partial charge in [0.1, 0.15) is 0 Å². The number of benzene rings is 1. The summed E-state index contributed by atoms with van der Waals surface area (Å²) in [5.41, 5.74) is 7.23. The smallest absolute Gasteiger partial charge is 0.224 e. The number of rotatable bonds is 5. The average molecular weight is 208 g/mol. The van der Waals surface area contributed by atoms with Crippen LogP contribution in [0.15, 0.2) is 24.3 Å². The van der Waals surface area contributed by atoms with Crippen molar-refractivity contribution < 1.29 is 9.53 Å². The Balaban J connectivity index is 2.41. The maximum absolute atomic E-state index is 11.4. The van der Waals surface area contributed by atoms with Crippen LogP contribution in [0.3, 0.4) is 0 Å². The van der Waals surface area contributed by atoms with Crippen molar-refractivity contribution >= 4 is 11.6 Å². The van der Waals surface area contributed by atoms with Gasteiger partial charge in [-0.15, -0.1) is 0 Å². The van der Waals surface area contributed by atoms with Gasteiger partial charge in [0.05, 0.1) is 13.0 Å². The molecule has 4 nitrogen and oxygen atoms in total. The van der Waals surface area contributed by atoms with Crippen molar-refractivity contribution in [3.8, 4) is 0 Å². The van der Waals surface area contributed by atoms with Gasteiger partial charge in [-0.3, -0.25) is 4.79 Å². The zero-order valence-corrected chi connectivity index (χ0v) is 8.82. The standard InChI is InChI=1S/C11H16N2O2/c1-15-7-6-13-11(14)8-9-4-2-3-5-10(9)12/h2-5H,6-8,12H2,1H3,(H,13,14). The number of amides is 1. The van der Waals surface area contributed by atoms with Crippen molar-refractivity contribution in [1.29, 1.82) is 0 Å². The fourth-order valence-electron chi connectivity index (χ4n) is 1.22. The molecule has 1 aromatic carbocycles. The van der Waals surface area contributed by atoms with Gasteiger partial charge < -0.3 is 15.8 Å². The van der Waals surface area contributed by atoms with Gasteiger partial charge in [-0.05, 0) is 11.6 Å². The number of anilines is 1. The van der Waals surface area contributed by atoms with Crippen LogP contribution in [0.4, 0.5) is 5.69 Å². The Morgan fingerprint density at radius 3 is 2.87 bits per heavy atom. The number of hydrogen-bond donors (Lipinski definition) is 2. The van der Waals surface area contributed by atoms with E-state index in [0.717, 1.165) is 5.56 Å². The summed E-state index contributed by atoms with van der Waals surface area (Å²) in [6.45, 7) is 1.05. The second-order valence-electron chi connectivity index (χ2n) is 3.22. The molecule has 1 aromatic rings. The van der Waals surface area contributed by atoms with Crippen LogP contribution in [-0.4, -0.2) is 26.2 Å². The lowest BCUT2D eigenvalue weighted by Crippen LogP contribution is -2.28. The van der Waals surface area contributed by atoms with Crippen molar-refractivity contribution in [3.63, 3.8) is 0 Å². The van der Waals surface area contributed by atoms with Crippen LogP contribution in [0.1, 0.15) is 5.56 Å². The zero-order chi connectivity index (χ0) is 11.1. The molecule has 0 fully saturated rings. The van der Waals surface area contributed by atoms with Gasteiger partial charge in [-0.1, -0.05) is 18.2 Å². The molecule has 0 unspecified atom stereocenters. The Labute approximate surface area is 89.4 Å².